The third-order valence-corrected chi connectivity index (χ3v) is 6.77. The van der Waals surface area contributed by atoms with Crippen molar-refractivity contribution in [1.82, 2.24) is 9.88 Å². The standard InChI is InChI=1S/C20H22N2O2S.C2HF3O2/c1-15-2-4-17(5-3-15)19(23)22-13-20(14-22)10-18(12-25-20)24-11-16-6-8-21-9-7-16;3-2(4,5)1(6)7/h2-9,18H,10-14H2,1H3;(H,6,7). The molecule has 1 atom stereocenters. The van der Waals surface area contributed by atoms with Gasteiger partial charge in [0.2, 0.25) is 0 Å². The van der Waals surface area contributed by atoms with Crippen LogP contribution in [0.3, 0.4) is 0 Å². The van der Waals surface area contributed by atoms with E-state index in [1.165, 1.54) is 5.56 Å². The lowest BCUT2D eigenvalue weighted by Gasteiger charge is -2.47. The smallest absolute Gasteiger partial charge is 0.475 e. The number of carbonyl (C=O) groups excluding carboxylic acids is 1. The van der Waals surface area contributed by atoms with Crippen LogP contribution in [0.15, 0.2) is 48.8 Å². The number of carbonyl (C=O) groups is 2. The summed E-state index contributed by atoms with van der Waals surface area (Å²) in [6.07, 6.45) is -0.191. The first kappa shape index (κ1) is 24.1. The maximum atomic E-state index is 12.6. The summed E-state index contributed by atoms with van der Waals surface area (Å²) in [5.74, 6) is -1.60. The Morgan fingerprint density at radius 1 is 1.19 bits per heavy atom. The monoisotopic (exact) mass is 468 g/mol. The van der Waals surface area contributed by atoms with E-state index >= 15 is 0 Å². The van der Waals surface area contributed by atoms with E-state index in [1.807, 2.05) is 60.0 Å². The van der Waals surface area contributed by atoms with Crippen LogP contribution in [0, 0.1) is 6.92 Å². The second-order valence-corrected chi connectivity index (χ2v) is 9.30. The molecule has 0 aliphatic carbocycles. The van der Waals surface area contributed by atoms with Crippen molar-refractivity contribution in [2.45, 2.75) is 37.0 Å². The Bertz CT molecular complexity index is 932. The minimum Gasteiger partial charge on any atom is -0.475 e. The van der Waals surface area contributed by atoms with Crippen LogP contribution >= 0.6 is 11.8 Å². The molecule has 1 aromatic carbocycles. The number of benzene rings is 1. The number of alkyl halides is 3. The first-order valence-corrected chi connectivity index (χ1v) is 10.9. The summed E-state index contributed by atoms with van der Waals surface area (Å²) in [6.45, 7) is 4.34. The van der Waals surface area contributed by atoms with Crippen LogP contribution in [0.1, 0.15) is 27.9 Å². The highest BCUT2D eigenvalue weighted by atomic mass is 32.2. The molecule has 1 spiro atoms. The predicted octanol–water partition coefficient (Wildman–Crippen LogP) is 3.94. The normalized spacial score (nSPS) is 19.1. The van der Waals surface area contributed by atoms with Crippen molar-refractivity contribution < 1.29 is 32.6 Å². The van der Waals surface area contributed by atoms with Gasteiger partial charge in [-0.05, 0) is 43.2 Å². The van der Waals surface area contributed by atoms with Crippen molar-refractivity contribution in [1.29, 1.82) is 0 Å². The van der Waals surface area contributed by atoms with Crippen molar-refractivity contribution >= 4 is 23.6 Å². The van der Waals surface area contributed by atoms with Crippen LogP contribution in [-0.4, -0.2) is 62.7 Å². The Morgan fingerprint density at radius 2 is 1.78 bits per heavy atom. The molecule has 172 valence electrons. The molecule has 2 fully saturated rings. The quantitative estimate of drug-likeness (QED) is 0.732. The molecule has 2 aliphatic heterocycles. The second-order valence-electron chi connectivity index (χ2n) is 7.82. The molecule has 1 aromatic heterocycles. The van der Waals surface area contributed by atoms with Crippen molar-refractivity contribution in [3.05, 3.63) is 65.5 Å². The number of aromatic nitrogens is 1. The highest BCUT2D eigenvalue weighted by Crippen LogP contribution is 2.46. The number of ether oxygens (including phenoxy) is 1. The lowest BCUT2D eigenvalue weighted by atomic mass is 9.92. The first-order chi connectivity index (χ1) is 15.1. The minimum atomic E-state index is -5.08. The van der Waals surface area contributed by atoms with Gasteiger partial charge in [0, 0.05) is 36.8 Å². The molecule has 2 aliphatic rings. The molecule has 1 N–H and O–H groups in total. The summed E-state index contributed by atoms with van der Waals surface area (Å²) < 4.78 is 38.0. The van der Waals surface area contributed by atoms with Gasteiger partial charge < -0.3 is 14.7 Å². The van der Waals surface area contributed by atoms with Crippen LogP contribution in [0.5, 0.6) is 0 Å². The fraction of sp³-hybridized carbons (Fsp3) is 0.409. The molecule has 1 unspecified atom stereocenters. The molecule has 4 rings (SSSR count). The Hall–Kier alpha value is -2.59. The van der Waals surface area contributed by atoms with Gasteiger partial charge in [-0.15, -0.1) is 11.8 Å². The summed E-state index contributed by atoms with van der Waals surface area (Å²) in [5.41, 5.74) is 3.12. The van der Waals surface area contributed by atoms with E-state index in [0.717, 1.165) is 36.4 Å². The first-order valence-electron chi connectivity index (χ1n) is 9.88. The molecule has 0 radical (unpaired) electrons. The van der Waals surface area contributed by atoms with Crippen molar-refractivity contribution in [2.24, 2.45) is 0 Å². The Balaban J connectivity index is 0.000000360. The summed E-state index contributed by atoms with van der Waals surface area (Å²) in [5, 5.41) is 7.12. The highest BCUT2D eigenvalue weighted by molar-refractivity contribution is 8.01. The molecule has 6 nitrogen and oxygen atoms in total. The van der Waals surface area contributed by atoms with E-state index in [9.17, 15) is 18.0 Å². The Morgan fingerprint density at radius 3 is 2.34 bits per heavy atom. The molecule has 0 bridgehead atoms. The van der Waals surface area contributed by atoms with Crippen LogP contribution in [0.4, 0.5) is 13.2 Å². The zero-order valence-electron chi connectivity index (χ0n) is 17.3. The summed E-state index contributed by atoms with van der Waals surface area (Å²) in [7, 11) is 0. The van der Waals surface area contributed by atoms with Crippen molar-refractivity contribution in [2.75, 3.05) is 18.8 Å². The molecule has 2 saturated heterocycles. The predicted molar refractivity (Wildman–Crippen MR) is 113 cm³/mol. The Labute approximate surface area is 187 Å². The van der Waals surface area contributed by atoms with E-state index in [4.69, 9.17) is 14.6 Å². The molecule has 3 heterocycles. The summed E-state index contributed by atoms with van der Waals surface area (Å²) in [4.78, 5) is 27.4. The maximum absolute atomic E-state index is 12.6. The summed E-state index contributed by atoms with van der Waals surface area (Å²) >= 11 is 1.96. The number of nitrogens with zero attached hydrogens (tertiary/aromatic N) is 2. The van der Waals surface area contributed by atoms with Gasteiger partial charge in [-0.1, -0.05) is 17.7 Å². The van der Waals surface area contributed by atoms with Crippen LogP contribution in [0.2, 0.25) is 0 Å². The molecule has 10 heteroatoms. The second kappa shape index (κ2) is 9.91. The molecule has 2 aromatic rings. The third-order valence-electron chi connectivity index (χ3n) is 5.20. The number of hydrogen-bond donors (Lipinski definition) is 1. The number of carboxylic acids is 1. The molecular formula is C22H23F3N2O4S. The van der Waals surface area contributed by atoms with Crippen LogP contribution < -0.4 is 0 Å². The number of likely N-dealkylation sites (tertiary alicyclic amines) is 1. The number of hydrogen-bond acceptors (Lipinski definition) is 5. The van der Waals surface area contributed by atoms with Gasteiger partial charge >= 0.3 is 12.1 Å². The van der Waals surface area contributed by atoms with Crippen LogP contribution in [-0.2, 0) is 16.1 Å². The van der Waals surface area contributed by atoms with E-state index in [2.05, 4.69) is 4.98 Å². The van der Waals surface area contributed by atoms with Gasteiger partial charge in [-0.2, -0.15) is 13.2 Å². The number of rotatable bonds is 4. The molecule has 32 heavy (non-hydrogen) atoms. The summed E-state index contributed by atoms with van der Waals surface area (Å²) in [6, 6.07) is 11.8. The fourth-order valence-electron chi connectivity index (χ4n) is 3.49. The number of thioether (sulfide) groups is 1. The number of halogens is 3. The number of pyridine rings is 1. The van der Waals surface area contributed by atoms with Gasteiger partial charge in [0.25, 0.3) is 5.91 Å². The number of aliphatic carboxylic acids is 1. The zero-order valence-corrected chi connectivity index (χ0v) is 18.2. The largest absolute Gasteiger partial charge is 0.490 e. The van der Waals surface area contributed by atoms with Gasteiger partial charge in [0.05, 0.1) is 17.5 Å². The van der Waals surface area contributed by atoms with Crippen molar-refractivity contribution in [3.63, 3.8) is 0 Å². The van der Waals surface area contributed by atoms with Crippen LogP contribution in [0.25, 0.3) is 0 Å². The highest BCUT2D eigenvalue weighted by Gasteiger charge is 2.51. The van der Waals surface area contributed by atoms with Gasteiger partial charge in [0.1, 0.15) is 0 Å². The van der Waals surface area contributed by atoms with E-state index in [1.54, 1.807) is 12.4 Å². The van der Waals surface area contributed by atoms with Gasteiger partial charge in [-0.25, -0.2) is 4.79 Å². The number of carboxylic acid groups (broad SMARTS) is 1. The van der Waals surface area contributed by atoms with Gasteiger partial charge in [0.15, 0.2) is 0 Å². The van der Waals surface area contributed by atoms with E-state index in [-0.39, 0.29) is 16.8 Å². The van der Waals surface area contributed by atoms with Gasteiger partial charge in [-0.3, -0.25) is 9.78 Å². The SMILES string of the molecule is Cc1ccc(C(=O)N2CC3(CC(OCc4ccncc4)CS3)C2)cc1.O=C(O)C(F)(F)F. The lowest BCUT2D eigenvalue weighted by Crippen LogP contribution is -2.60. The van der Waals surface area contributed by atoms with E-state index < -0.39 is 12.1 Å². The minimum absolute atomic E-state index is 0.146. The Kier molecular flexibility index (Phi) is 7.45. The molecule has 1 amide bonds. The zero-order chi connectivity index (χ0) is 23.4. The third kappa shape index (κ3) is 6.23. The lowest BCUT2D eigenvalue weighted by molar-refractivity contribution is -0.192. The average Bonchev–Trinajstić information content (AvgIpc) is 3.17. The van der Waals surface area contributed by atoms with E-state index in [0.29, 0.717) is 6.61 Å². The number of aryl methyl sites for hydroxylation is 1. The topological polar surface area (TPSA) is 79.7 Å². The number of amides is 1. The maximum Gasteiger partial charge on any atom is 0.490 e. The van der Waals surface area contributed by atoms with Crippen molar-refractivity contribution in [3.8, 4) is 0 Å². The average molecular weight is 468 g/mol. The molecule has 0 saturated carbocycles. The fourth-order valence-corrected chi connectivity index (χ4v) is 5.05. The molecular weight excluding hydrogens is 445 g/mol.